The summed E-state index contributed by atoms with van der Waals surface area (Å²) < 4.78 is 13.0. The van der Waals surface area contributed by atoms with Gasteiger partial charge in [0, 0.05) is 10.8 Å². The summed E-state index contributed by atoms with van der Waals surface area (Å²) in [5, 5.41) is 10.2. The molecule has 0 spiro atoms. The molecule has 0 saturated heterocycles. The fraction of sp³-hybridized carbons (Fsp3) is 0.133. The maximum absolute atomic E-state index is 13.0. The van der Waals surface area contributed by atoms with Gasteiger partial charge in [0.1, 0.15) is 11.6 Å². The number of carbonyl (C=O) groups excluding carboxylic acids is 1. The molecule has 2 rings (SSSR count). The van der Waals surface area contributed by atoms with Gasteiger partial charge in [0.05, 0.1) is 11.3 Å². The molecule has 20 heavy (non-hydrogen) atoms. The molecule has 2 aromatic carbocycles. The Hall–Kier alpha value is -1.52. The van der Waals surface area contributed by atoms with Gasteiger partial charge in [0.15, 0.2) is 5.78 Å². The van der Waals surface area contributed by atoms with E-state index in [0.29, 0.717) is 10.8 Å². The normalized spacial score (nSPS) is 10.5. The smallest absolute Gasteiger partial charge is 0.176 e. The van der Waals surface area contributed by atoms with Crippen LogP contribution in [0.5, 0.6) is 5.75 Å². The van der Waals surface area contributed by atoms with Crippen molar-refractivity contribution in [1.82, 2.24) is 0 Å². The molecule has 2 aromatic rings. The van der Waals surface area contributed by atoms with Gasteiger partial charge in [-0.2, -0.15) is 0 Å². The van der Waals surface area contributed by atoms with Gasteiger partial charge in [0.2, 0.25) is 0 Å². The molecule has 0 saturated carbocycles. The minimum absolute atomic E-state index is 0.0219. The van der Waals surface area contributed by atoms with Crippen LogP contribution in [-0.2, 0) is 5.75 Å². The molecular weight excluding hydrogens is 299 g/mol. The molecule has 0 bridgehead atoms. The van der Waals surface area contributed by atoms with Crippen LogP contribution in [-0.4, -0.2) is 16.6 Å². The Morgan fingerprint density at radius 3 is 2.60 bits per heavy atom. The first-order valence-corrected chi connectivity index (χ1v) is 7.43. The first-order chi connectivity index (χ1) is 9.56. The molecule has 0 aromatic heterocycles. The number of aromatic hydroxyl groups is 1. The lowest BCUT2D eigenvalue weighted by Crippen LogP contribution is -2.03. The van der Waals surface area contributed by atoms with Crippen LogP contribution in [0.4, 0.5) is 4.39 Å². The van der Waals surface area contributed by atoms with E-state index in [1.165, 1.54) is 17.8 Å². The van der Waals surface area contributed by atoms with Gasteiger partial charge in [-0.1, -0.05) is 23.7 Å². The molecule has 1 N–H and O–H groups in total. The van der Waals surface area contributed by atoms with Gasteiger partial charge in [-0.05, 0) is 35.9 Å². The number of benzene rings is 2. The van der Waals surface area contributed by atoms with Crippen molar-refractivity contribution in [2.45, 2.75) is 5.75 Å². The van der Waals surface area contributed by atoms with Gasteiger partial charge >= 0.3 is 0 Å². The minimum Gasteiger partial charge on any atom is -0.507 e. The number of hydrogen-bond donors (Lipinski definition) is 1. The lowest BCUT2D eigenvalue weighted by molar-refractivity contribution is 0.101. The van der Waals surface area contributed by atoms with Crippen molar-refractivity contribution in [3.05, 3.63) is 64.4 Å². The van der Waals surface area contributed by atoms with E-state index < -0.39 is 5.82 Å². The van der Waals surface area contributed by atoms with Crippen LogP contribution < -0.4 is 0 Å². The highest BCUT2D eigenvalue weighted by molar-refractivity contribution is 7.99. The van der Waals surface area contributed by atoms with Crippen molar-refractivity contribution in [3.63, 3.8) is 0 Å². The van der Waals surface area contributed by atoms with Crippen molar-refractivity contribution in [2.24, 2.45) is 0 Å². The predicted octanol–water partition coefficient (Wildman–Crippen LogP) is 4.30. The zero-order chi connectivity index (χ0) is 14.5. The SMILES string of the molecule is O=C(CSCc1ccc(Cl)cc1)c1cc(F)ccc1O. The number of ketones is 1. The molecule has 0 aliphatic heterocycles. The molecule has 0 heterocycles. The fourth-order valence-electron chi connectivity index (χ4n) is 1.65. The number of Topliss-reactive ketones (excluding diaryl/α,β-unsaturated/α-hetero) is 1. The van der Waals surface area contributed by atoms with Crippen molar-refractivity contribution >= 4 is 29.1 Å². The summed E-state index contributed by atoms with van der Waals surface area (Å²) in [7, 11) is 0. The number of halogens is 2. The maximum atomic E-state index is 13.0. The lowest BCUT2D eigenvalue weighted by Gasteiger charge is -2.04. The van der Waals surface area contributed by atoms with E-state index in [0.717, 1.165) is 17.7 Å². The molecule has 104 valence electrons. The van der Waals surface area contributed by atoms with E-state index in [1.54, 1.807) is 12.1 Å². The van der Waals surface area contributed by atoms with Gasteiger partial charge in [-0.25, -0.2) is 4.39 Å². The number of thioether (sulfide) groups is 1. The molecule has 0 amide bonds. The number of phenols is 1. The Morgan fingerprint density at radius 2 is 1.90 bits per heavy atom. The third kappa shape index (κ3) is 3.99. The van der Waals surface area contributed by atoms with Gasteiger partial charge in [-0.3, -0.25) is 4.79 Å². The minimum atomic E-state index is -0.533. The van der Waals surface area contributed by atoms with E-state index in [9.17, 15) is 14.3 Å². The van der Waals surface area contributed by atoms with E-state index in [4.69, 9.17) is 11.6 Å². The van der Waals surface area contributed by atoms with Crippen molar-refractivity contribution < 1.29 is 14.3 Å². The average molecular weight is 311 g/mol. The summed E-state index contributed by atoms with van der Waals surface area (Å²) in [6, 6.07) is 10.7. The topological polar surface area (TPSA) is 37.3 Å². The van der Waals surface area contributed by atoms with Crippen LogP contribution in [0, 0.1) is 5.82 Å². The molecule has 0 atom stereocenters. The summed E-state index contributed by atoms with van der Waals surface area (Å²) in [6.45, 7) is 0. The molecule has 0 fully saturated rings. The van der Waals surface area contributed by atoms with Crippen LogP contribution in [0.2, 0.25) is 5.02 Å². The Morgan fingerprint density at radius 1 is 1.20 bits per heavy atom. The second kappa shape index (κ2) is 6.77. The zero-order valence-electron chi connectivity index (χ0n) is 10.5. The van der Waals surface area contributed by atoms with E-state index in [2.05, 4.69) is 0 Å². The highest BCUT2D eigenvalue weighted by Crippen LogP contribution is 2.21. The van der Waals surface area contributed by atoms with Crippen LogP contribution in [0.3, 0.4) is 0 Å². The van der Waals surface area contributed by atoms with Gasteiger partial charge in [0.25, 0.3) is 0 Å². The summed E-state index contributed by atoms with van der Waals surface area (Å²) in [6.07, 6.45) is 0. The largest absolute Gasteiger partial charge is 0.507 e. The molecule has 0 unspecified atom stereocenters. The third-order valence-corrected chi connectivity index (χ3v) is 3.93. The van der Waals surface area contributed by atoms with Gasteiger partial charge < -0.3 is 5.11 Å². The lowest BCUT2D eigenvalue weighted by atomic mass is 10.1. The van der Waals surface area contributed by atoms with Crippen LogP contribution >= 0.6 is 23.4 Å². The van der Waals surface area contributed by atoms with E-state index in [-0.39, 0.29) is 22.8 Å². The number of carbonyl (C=O) groups is 1. The second-order valence-electron chi connectivity index (χ2n) is 4.20. The molecular formula is C15H12ClFO2S. The van der Waals surface area contributed by atoms with Crippen LogP contribution in [0.25, 0.3) is 0 Å². The molecule has 2 nitrogen and oxygen atoms in total. The monoisotopic (exact) mass is 310 g/mol. The zero-order valence-corrected chi connectivity index (χ0v) is 12.0. The first kappa shape index (κ1) is 14.9. The molecule has 5 heteroatoms. The molecule has 0 radical (unpaired) electrons. The summed E-state index contributed by atoms with van der Waals surface area (Å²) in [5.41, 5.74) is 1.07. The Labute approximate surface area is 125 Å². The quantitative estimate of drug-likeness (QED) is 0.837. The number of phenolic OH excluding ortho intramolecular Hbond substituents is 1. The van der Waals surface area contributed by atoms with Crippen LogP contribution in [0.15, 0.2) is 42.5 Å². The number of hydrogen-bond acceptors (Lipinski definition) is 3. The van der Waals surface area contributed by atoms with Crippen molar-refractivity contribution in [1.29, 1.82) is 0 Å². The van der Waals surface area contributed by atoms with Crippen molar-refractivity contribution in [3.8, 4) is 5.75 Å². The standard InChI is InChI=1S/C15H12ClFO2S/c16-11-3-1-10(2-4-11)8-20-9-15(19)13-7-12(17)5-6-14(13)18/h1-7,18H,8-9H2. The number of rotatable bonds is 5. The Balaban J connectivity index is 1.92. The first-order valence-electron chi connectivity index (χ1n) is 5.90. The summed E-state index contributed by atoms with van der Waals surface area (Å²) in [5.74, 6) is -0.183. The highest BCUT2D eigenvalue weighted by atomic mass is 35.5. The molecule has 0 aliphatic rings. The van der Waals surface area contributed by atoms with Gasteiger partial charge in [-0.15, -0.1) is 11.8 Å². The fourth-order valence-corrected chi connectivity index (χ4v) is 2.65. The third-order valence-electron chi connectivity index (χ3n) is 2.67. The van der Waals surface area contributed by atoms with E-state index >= 15 is 0 Å². The summed E-state index contributed by atoms with van der Waals surface area (Å²) in [4.78, 5) is 11.9. The average Bonchev–Trinajstić information content (AvgIpc) is 2.43. The Kier molecular flexibility index (Phi) is 5.04. The van der Waals surface area contributed by atoms with E-state index in [1.807, 2.05) is 12.1 Å². The molecule has 0 aliphatic carbocycles. The summed E-state index contributed by atoms with van der Waals surface area (Å²) >= 11 is 7.19. The maximum Gasteiger partial charge on any atom is 0.176 e. The van der Waals surface area contributed by atoms with Crippen molar-refractivity contribution in [2.75, 3.05) is 5.75 Å². The second-order valence-corrected chi connectivity index (χ2v) is 5.63. The van der Waals surface area contributed by atoms with Crippen LogP contribution in [0.1, 0.15) is 15.9 Å². The predicted molar refractivity (Wildman–Crippen MR) is 80.0 cm³/mol. The highest BCUT2D eigenvalue weighted by Gasteiger charge is 2.12. The Bertz CT molecular complexity index is 614.